The van der Waals surface area contributed by atoms with E-state index in [0.717, 1.165) is 5.92 Å². The fourth-order valence-electron chi connectivity index (χ4n) is 2.33. The summed E-state index contributed by atoms with van der Waals surface area (Å²) in [5.41, 5.74) is 0. The van der Waals surface area contributed by atoms with Gasteiger partial charge in [0.2, 0.25) is 0 Å². The predicted molar refractivity (Wildman–Crippen MR) is 35.0 cm³/mol. The van der Waals surface area contributed by atoms with Gasteiger partial charge in [0.15, 0.2) is 0 Å². The Kier molecular flexibility index (Phi) is 0.961. The van der Waals surface area contributed by atoms with Gasteiger partial charge < -0.3 is 0 Å². The molecule has 0 amide bonds. The summed E-state index contributed by atoms with van der Waals surface area (Å²) in [5.74, 6) is 2.20. The lowest BCUT2D eigenvalue weighted by Crippen LogP contribution is -2.18. The molecule has 9 heavy (non-hydrogen) atoms. The van der Waals surface area contributed by atoms with Crippen molar-refractivity contribution in [2.24, 2.45) is 17.8 Å². The van der Waals surface area contributed by atoms with Crippen molar-refractivity contribution in [3.05, 3.63) is 0 Å². The topological polar surface area (TPSA) is 17.1 Å². The molecule has 2 saturated carbocycles. The van der Waals surface area contributed by atoms with Crippen molar-refractivity contribution in [1.82, 2.24) is 0 Å². The van der Waals surface area contributed by atoms with E-state index in [0.29, 0.717) is 17.6 Å². The highest BCUT2D eigenvalue weighted by molar-refractivity contribution is 5.86. The number of hydrogen-bond acceptors (Lipinski definition) is 1. The number of rotatable bonds is 0. The molecule has 2 rings (SSSR count). The van der Waals surface area contributed by atoms with Crippen molar-refractivity contribution in [2.75, 3.05) is 0 Å². The Bertz CT molecular complexity index is 147. The summed E-state index contributed by atoms with van der Waals surface area (Å²) in [6.07, 6.45) is 3.71. The van der Waals surface area contributed by atoms with Crippen LogP contribution in [0.15, 0.2) is 0 Å². The van der Waals surface area contributed by atoms with Crippen LogP contribution in [-0.4, -0.2) is 5.78 Å². The highest BCUT2D eigenvalue weighted by Crippen LogP contribution is 2.45. The zero-order valence-electron chi connectivity index (χ0n) is 5.76. The van der Waals surface area contributed by atoms with Gasteiger partial charge >= 0.3 is 0 Å². The number of carbonyl (C=O) groups excluding carboxylic acids is 1. The molecule has 0 saturated heterocycles. The van der Waals surface area contributed by atoms with Crippen LogP contribution in [0.4, 0.5) is 0 Å². The van der Waals surface area contributed by atoms with Gasteiger partial charge in [0.25, 0.3) is 0 Å². The minimum atomic E-state index is 0.406. The van der Waals surface area contributed by atoms with Crippen LogP contribution >= 0.6 is 0 Å². The first-order valence-corrected chi connectivity index (χ1v) is 3.83. The number of hydrogen-bond donors (Lipinski definition) is 0. The SMILES string of the molecule is C[C@@H]1C(=O)[C@H]2CC[C@H]1C2. The Morgan fingerprint density at radius 3 is 2.56 bits per heavy atom. The summed E-state index contributed by atoms with van der Waals surface area (Å²) < 4.78 is 0. The largest absolute Gasteiger partial charge is 0.299 e. The number of carbonyl (C=O) groups is 1. The molecule has 0 unspecified atom stereocenters. The first-order valence-electron chi connectivity index (χ1n) is 3.83. The van der Waals surface area contributed by atoms with Crippen LogP contribution in [0, 0.1) is 17.8 Å². The lowest BCUT2D eigenvalue weighted by molar-refractivity contribution is -0.125. The van der Waals surface area contributed by atoms with E-state index in [2.05, 4.69) is 6.92 Å². The Morgan fingerprint density at radius 1 is 1.44 bits per heavy atom. The first-order chi connectivity index (χ1) is 4.29. The molecular weight excluding hydrogens is 112 g/mol. The van der Waals surface area contributed by atoms with E-state index in [-0.39, 0.29) is 0 Å². The quantitative estimate of drug-likeness (QED) is 0.479. The molecule has 2 aliphatic rings. The van der Waals surface area contributed by atoms with E-state index in [4.69, 9.17) is 0 Å². The van der Waals surface area contributed by atoms with Gasteiger partial charge in [-0.1, -0.05) is 6.92 Å². The molecule has 0 aromatic rings. The molecule has 0 heterocycles. The maximum absolute atomic E-state index is 11.2. The van der Waals surface area contributed by atoms with Crippen molar-refractivity contribution in [3.8, 4) is 0 Å². The van der Waals surface area contributed by atoms with Gasteiger partial charge in [-0.15, -0.1) is 0 Å². The fraction of sp³-hybridized carbons (Fsp3) is 0.875. The second-order valence-electron chi connectivity index (χ2n) is 3.46. The van der Waals surface area contributed by atoms with Crippen LogP contribution in [0.2, 0.25) is 0 Å². The van der Waals surface area contributed by atoms with Gasteiger partial charge in [0.05, 0.1) is 0 Å². The maximum Gasteiger partial charge on any atom is 0.139 e. The highest BCUT2D eigenvalue weighted by Gasteiger charge is 2.43. The van der Waals surface area contributed by atoms with Crippen molar-refractivity contribution in [2.45, 2.75) is 26.2 Å². The van der Waals surface area contributed by atoms with Crippen molar-refractivity contribution in [3.63, 3.8) is 0 Å². The summed E-state index contributed by atoms with van der Waals surface area (Å²) >= 11 is 0. The van der Waals surface area contributed by atoms with E-state index in [1.165, 1.54) is 19.3 Å². The van der Waals surface area contributed by atoms with Gasteiger partial charge in [0, 0.05) is 11.8 Å². The van der Waals surface area contributed by atoms with E-state index in [9.17, 15) is 4.79 Å². The molecule has 0 aromatic carbocycles. The maximum atomic E-state index is 11.2. The molecule has 1 heteroatoms. The second kappa shape index (κ2) is 1.59. The lowest BCUT2D eigenvalue weighted by atomic mass is 9.89. The highest BCUT2D eigenvalue weighted by atomic mass is 16.1. The Labute approximate surface area is 55.4 Å². The van der Waals surface area contributed by atoms with Crippen LogP contribution in [0.5, 0.6) is 0 Å². The van der Waals surface area contributed by atoms with Crippen molar-refractivity contribution >= 4 is 5.78 Å². The van der Waals surface area contributed by atoms with Crippen LogP contribution < -0.4 is 0 Å². The zero-order valence-corrected chi connectivity index (χ0v) is 5.76. The summed E-state index contributed by atoms with van der Waals surface area (Å²) in [6, 6.07) is 0. The molecule has 0 aromatic heterocycles. The van der Waals surface area contributed by atoms with E-state index in [1.54, 1.807) is 0 Å². The average molecular weight is 124 g/mol. The Hall–Kier alpha value is -0.330. The average Bonchev–Trinajstić information content (AvgIpc) is 2.37. The molecule has 2 fully saturated rings. The molecular formula is C8H12O. The molecule has 0 aliphatic heterocycles. The van der Waals surface area contributed by atoms with Gasteiger partial charge in [-0.2, -0.15) is 0 Å². The third-order valence-electron chi connectivity index (χ3n) is 3.03. The number of Topliss-reactive ketones (excluding diaryl/α,β-unsaturated/α-hetero) is 1. The number of fused-ring (bicyclic) bond motifs is 2. The summed E-state index contributed by atoms with van der Waals surface area (Å²) in [6.45, 7) is 2.09. The van der Waals surface area contributed by atoms with Crippen LogP contribution in [-0.2, 0) is 4.79 Å². The summed E-state index contributed by atoms with van der Waals surface area (Å²) in [5, 5.41) is 0. The van der Waals surface area contributed by atoms with Crippen molar-refractivity contribution in [1.29, 1.82) is 0 Å². The van der Waals surface area contributed by atoms with Crippen molar-refractivity contribution < 1.29 is 4.79 Å². The monoisotopic (exact) mass is 124 g/mol. The Morgan fingerprint density at radius 2 is 2.22 bits per heavy atom. The van der Waals surface area contributed by atoms with E-state index < -0.39 is 0 Å². The summed E-state index contributed by atoms with van der Waals surface area (Å²) in [4.78, 5) is 11.2. The van der Waals surface area contributed by atoms with Gasteiger partial charge in [-0.25, -0.2) is 0 Å². The first kappa shape index (κ1) is 5.45. The van der Waals surface area contributed by atoms with E-state index in [1.807, 2.05) is 0 Å². The molecule has 2 bridgehead atoms. The van der Waals surface area contributed by atoms with E-state index >= 15 is 0 Å². The third kappa shape index (κ3) is 0.577. The zero-order chi connectivity index (χ0) is 6.43. The standard InChI is InChI=1S/C8H12O/c1-5-6-2-3-7(4-6)8(5)9/h5-7H,2-4H2,1H3/t5-,6-,7-/m0/s1. The molecule has 2 aliphatic carbocycles. The smallest absolute Gasteiger partial charge is 0.139 e. The minimum Gasteiger partial charge on any atom is -0.299 e. The predicted octanol–water partition coefficient (Wildman–Crippen LogP) is 1.62. The van der Waals surface area contributed by atoms with Gasteiger partial charge in [-0.05, 0) is 25.2 Å². The molecule has 1 nitrogen and oxygen atoms in total. The molecule has 50 valence electrons. The third-order valence-corrected chi connectivity index (χ3v) is 3.03. The van der Waals surface area contributed by atoms with Crippen LogP contribution in [0.1, 0.15) is 26.2 Å². The Balaban J connectivity index is 2.25. The normalized spacial score (nSPS) is 48.6. The summed E-state index contributed by atoms with van der Waals surface area (Å²) in [7, 11) is 0. The minimum absolute atomic E-state index is 0.406. The molecule has 3 atom stereocenters. The molecule has 0 spiro atoms. The molecule has 0 radical (unpaired) electrons. The van der Waals surface area contributed by atoms with Crippen LogP contribution in [0.25, 0.3) is 0 Å². The fourth-order valence-corrected chi connectivity index (χ4v) is 2.33. The number of ketones is 1. The second-order valence-corrected chi connectivity index (χ2v) is 3.46. The van der Waals surface area contributed by atoms with Gasteiger partial charge in [-0.3, -0.25) is 4.79 Å². The lowest BCUT2D eigenvalue weighted by Gasteiger charge is -2.14. The van der Waals surface area contributed by atoms with Crippen LogP contribution in [0.3, 0.4) is 0 Å². The van der Waals surface area contributed by atoms with Gasteiger partial charge in [0.1, 0.15) is 5.78 Å². The molecule has 0 N–H and O–H groups in total.